The monoisotopic (exact) mass is 219 g/mol. The van der Waals surface area contributed by atoms with E-state index in [1.807, 2.05) is 0 Å². The highest BCUT2D eigenvalue weighted by atomic mass is 16.5. The standard InChI is InChI=1S/C13H17NO2/c1-9-7-11-12(16-6-2-5-15-11)8-10(9)13(14)3-4-13/h7-8H,2-6,14H2,1H3. The Morgan fingerprint density at radius 1 is 1.12 bits per heavy atom. The molecule has 3 rings (SSSR count). The van der Waals surface area contributed by atoms with Crippen LogP contribution in [-0.2, 0) is 5.54 Å². The fourth-order valence-electron chi connectivity index (χ4n) is 2.25. The first-order valence-electron chi connectivity index (χ1n) is 5.89. The minimum absolute atomic E-state index is 0.102. The van der Waals surface area contributed by atoms with Gasteiger partial charge in [-0.3, -0.25) is 0 Å². The van der Waals surface area contributed by atoms with Crippen molar-refractivity contribution in [3.05, 3.63) is 23.3 Å². The second-order valence-corrected chi connectivity index (χ2v) is 4.82. The van der Waals surface area contributed by atoms with Gasteiger partial charge >= 0.3 is 0 Å². The predicted octanol–water partition coefficient (Wildman–Crippen LogP) is 2.10. The molecule has 1 aliphatic heterocycles. The number of hydrogen-bond acceptors (Lipinski definition) is 3. The van der Waals surface area contributed by atoms with Crippen molar-refractivity contribution < 1.29 is 9.47 Å². The Labute approximate surface area is 95.5 Å². The summed E-state index contributed by atoms with van der Waals surface area (Å²) in [7, 11) is 0. The van der Waals surface area contributed by atoms with Gasteiger partial charge in [0.25, 0.3) is 0 Å². The summed E-state index contributed by atoms with van der Waals surface area (Å²) in [5.74, 6) is 1.72. The highest BCUT2D eigenvalue weighted by molar-refractivity contribution is 5.51. The van der Waals surface area contributed by atoms with E-state index in [0.717, 1.165) is 44.0 Å². The molecule has 2 aliphatic rings. The highest BCUT2D eigenvalue weighted by Crippen LogP contribution is 2.47. The number of hydrogen-bond donors (Lipinski definition) is 1. The molecule has 86 valence electrons. The van der Waals surface area contributed by atoms with Gasteiger partial charge in [0.15, 0.2) is 11.5 Å². The molecule has 1 aromatic carbocycles. The maximum absolute atomic E-state index is 6.24. The van der Waals surface area contributed by atoms with Crippen LogP contribution in [0.5, 0.6) is 11.5 Å². The second-order valence-electron chi connectivity index (χ2n) is 4.82. The molecule has 3 nitrogen and oxygen atoms in total. The van der Waals surface area contributed by atoms with Crippen LogP contribution in [0.25, 0.3) is 0 Å². The minimum atomic E-state index is -0.102. The molecule has 0 unspecified atom stereocenters. The van der Waals surface area contributed by atoms with Gasteiger partial charge in [0, 0.05) is 12.0 Å². The van der Waals surface area contributed by atoms with Crippen molar-refractivity contribution in [2.45, 2.75) is 31.7 Å². The van der Waals surface area contributed by atoms with Gasteiger partial charge in [-0.05, 0) is 43.0 Å². The van der Waals surface area contributed by atoms with Crippen LogP contribution < -0.4 is 15.2 Å². The van der Waals surface area contributed by atoms with Gasteiger partial charge in [0.05, 0.1) is 13.2 Å². The lowest BCUT2D eigenvalue weighted by Gasteiger charge is -2.16. The van der Waals surface area contributed by atoms with Gasteiger partial charge in [0.1, 0.15) is 0 Å². The second kappa shape index (κ2) is 3.39. The SMILES string of the molecule is Cc1cc2c(cc1C1(N)CC1)OCCCO2. The summed E-state index contributed by atoms with van der Waals surface area (Å²) in [5.41, 5.74) is 8.57. The third-order valence-electron chi connectivity index (χ3n) is 3.42. The van der Waals surface area contributed by atoms with Gasteiger partial charge in [-0.25, -0.2) is 0 Å². The van der Waals surface area contributed by atoms with E-state index in [0.29, 0.717) is 0 Å². The van der Waals surface area contributed by atoms with E-state index in [2.05, 4.69) is 19.1 Å². The van der Waals surface area contributed by atoms with Crippen LogP contribution >= 0.6 is 0 Å². The highest BCUT2D eigenvalue weighted by Gasteiger charge is 2.41. The van der Waals surface area contributed by atoms with Crippen molar-refractivity contribution in [2.24, 2.45) is 5.73 Å². The van der Waals surface area contributed by atoms with Gasteiger partial charge < -0.3 is 15.2 Å². The molecule has 1 aliphatic carbocycles. The minimum Gasteiger partial charge on any atom is -0.490 e. The van der Waals surface area contributed by atoms with Gasteiger partial charge in [-0.2, -0.15) is 0 Å². The quantitative estimate of drug-likeness (QED) is 0.786. The Balaban J connectivity index is 2.05. The summed E-state index contributed by atoms with van der Waals surface area (Å²) in [5, 5.41) is 0. The molecule has 16 heavy (non-hydrogen) atoms. The lowest BCUT2D eigenvalue weighted by atomic mass is 9.99. The van der Waals surface area contributed by atoms with E-state index in [4.69, 9.17) is 15.2 Å². The average molecular weight is 219 g/mol. The van der Waals surface area contributed by atoms with Crippen molar-refractivity contribution in [3.8, 4) is 11.5 Å². The van der Waals surface area contributed by atoms with Crippen molar-refractivity contribution in [3.63, 3.8) is 0 Å². The molecule has 0 radical (unpaired) electrons. The third kappa shape index (κ3) is 1.55. The van der Waals surface area contributed by atoms with E-state index >= 15 is 0 Å². The molecule has 0 aromatic heterocycles. The normalized spacial score (nSPS) is 21.4. The molecule has 0 spiro atoms. The summed E-state index contributed by atoms with van der Waals surface area (Å²) in [4.78, 5) is 0. The average Bonchev–Trinajstić information content (AvgIpc) is 3.01. The van der Waals surface area contributed by atoms with Crippen LogP contribution in [0.2, 0.25) is 0 Å². The zero-order valence-electron chi connectivity index (χ0n) is 9.58. The van der Waals surface area contributed by atoms with Crippen molar-refractivity contribution in [1.82, 2.24) is 0 Å². The van der Waals surface area contributed by atoms with Crippen LogP contribution in [0.1, 0.15) is 30.4 Å². The predicted molar refractivity (Wildman–Crippen MR) is 61.9 cm³/mol. The van der Waals surface area contributed by atoms with Gasteiger partial charge in [0.2, 0.25) is 0 Å². The van der Waals surface area contributed by atoms with Crippen molar-refractivity contribution in [2.75, 3.05) is 13.2 Å². The Kier molecular flexibility index (Phi) is 2.11. The summed E-state index contributed by atoms with van der Waals surface area (Å²) in [6.45, 7) is 3.56. The molecule has 1 saturated carbocycles. The van der Waals surface area contributed by atoms with Gasteiger partial charge in [-0.15, -0.1) is 0 Å². The summed E-state index contributed by atoms with van der Waals surface area (Å²) >= 11 is 0. The van der Waals surface area contributed by atoms with Crippen LogP contribution in [0.15, 0.2) is 12.1 Å². The number of rotatable bonds is 1. The summed E-state index contributed by atoms with van der Waals surface area (Å²) in [6.07, 6.45) is 3.10. The molecule has 0 atom stereocenters. The van der Waals surface area contributed by atoms with E-state index in [1.54, 1.807) is 0 Å². The topological polar surface area (TPSA) is 44.5 Å². The Morgan fingerprint density at radius 2 is 1.75 bits per heavy atom. The smallest absolute Gasteiger partial charge is 0.161 e. The van der Waals surface area contributed by atoms with E-state index in [9.17, 15) is 0 Å². The first-order chi connectivity index (χ1) is 7.69. The van der Waals surface area contributed by atoms with Crippen LogP contribution in [0.3, 0.4) is 0 Å². The number of fused-ring (bicyclic) bond motifs is 1. The summed E-state index contributed by atoms with van der Waals surface area (Å²) < 4.78 is 11.3. The molecule has 0 bridgehead atoms. The first kappa shape index (κ1) is 9.97. The number of aryl methyl sites for hydroxylation is 1. The summed E-state index contributed by atoms with van der Waals surface area (Å²) in [6, 6.07) is 4.13. The van der Waals surface area contributed by atoms with E-state index in [-0.39, 0.29) is 5.54 Å². The Hall–Kier alpha value is -1.22. The number of nitrogens with two attached hydrogens (primary N) is 1. The molecule has 1 fully saturated rings. The maximum Gasteiger partial charge on any atom is 0.161 e. The van der Waals surface area contributed by atoms with E-state index < -0.39 is 0 Å². The largest absolute Gasteiger partial charge is 0.490 e. The lowest BCUT2D eigenvalue weighted by molar-refractivity contribution is 0.297. The van der Waals surface area contributed by atoms with E-state index in [1.165, 1.54) is 11.1 Å². The zero-order chi connectivity index (χ0) is 11.2. The van der Waals surface area contributed by atoms with Crippen LogP contribution in [0.4, 0.5) is 0 Å². The van der Waals surface area contributed by atoms with Crippen LogP contribution in [0, 0.1) is 6.92 Å². The molecular formula is C13H17NO2. The number of benzene rings is 1. The molecule has 0 amide bonds. The molecule has 0 saturated heterocycles. The first-order valence-corrected chi connectivity index (χ1v) is 5.89. The van der Waals surface area contributed by atoms with Crippen molar-refractivity contribution in [1.29, 1.82) is 0 Å². The Morgan fingerprint density at radius 3 is 2.38 bits per heavy atom. The Bertz CT molecular complexity index is 424. The fraction of sp³-hybridized carbons (Fsp3) is 0.538. The fourth-order valence-corrected chi connectivity index (χ4v) is 2.25. The van der Waals surface area contributed by atoms with Crippen LogP contribution in [-0.4, -0.2) is 13.2 Å². The lowest BCUT2D eigenvalue weighted by Crippen LogP contribution is -2.20. The maximum atomic E-state index is 6.24. The zero-order valence-corrected chi connectivity index (χ0v) is 9.58. The van der Waals surface area contributed by atoms with Crippen molar-refractivity contribution >= 4 is 0 Å². The molecule has 2 N–H and O–H groups in total. The molecular weight excluding hydrogens is 202 g/mol. The molecule has 1 heterocycles. The van der Waals surface area contributed by atoms with Gasteiger partial charge in [-0.1, -0.05) is 0 Å². The molecule has 3 heteroatoms. The number of ether oxygens (including phenoxy) is 2. The third-order valence-corrected chi connectivity index (χ3v) is 3.42. The molecule has 1 aromatic rings.